The molecule has 0 spiro atoms. The van der Waals surface area contributed by atoms with Crippen molar-refractivity contribution in [2.24, 2.45) is 11.8 Å². The van der Waals surface area contributed by atoms with Gasteiger partial charge in [-0.15, -0.1) is 0 Å². The molecule has 4 heteroatoms. The van der Waals surface area contributed by atoms with Crippen LogP contribution in [0.25, 0.3) is 0 Å². The van der Waals surface area contributed by atoms with Crippen molar-refractivity contribution in [2.45, 2.75) is 39.8 Å². The minimum atomic E-state index is -0.315. The minimum absolute atomic E-state index is 0.0411. The van der Waals surface area contributed by atoms with Crippen LogP contribution < -0.4 is 0 Å². The number of likely N-dealkylation sites (tertiary alicyclic amines) is 1. The number of carbonyl (C=O) groups is 1. The Balaban J connectivity index is 2.25. The van der Waals surface area contributed by atoms with E-state index in [-0.39, 0.29) is 24.8 Å². The third-order valence-corrected chi connectivity index (χ3v) is 5.41. The van der Waals surface area contributed by atoms with Crippen LogP contribution in [-0.2, 0) is 9.47 Å². The SMILES string of the molecule is C=CC1=C(/C=C\C)C(COC(=O)N2C[C@H](C)CCC2OC)C(/C=C\C)=C1C=C. The van der Waals surface area contributed by atoms with E-state index in [9.17, 15) is 4.79 Å². The average Bonchev–Trinajstić information content (AvgIpc) is 2.98. The van der Waals surface area contributed by atoms with Crippen molar-refractivity contribution in [1.82, 2.24) is 4.90 Å². The molecule has 1 aliphatic heterocycles. The van der Waals surface area contributed by atoms with Crippen LogP contribution in [0.5, 0.6) is 0 Å². The van der Waals surface area contributed by atoms with Crippen molar-refractivity contribution >= 4 is 6.09 Å². The number of methoxy groups -OCH3 is 1. The summed E-state index contributed by atoms with van der Waals surface area (Å²) in [5.74, 6) is 0.405. The maximum atomic E-state index is 12.8. The molecule has 1 saturated heterocycles. The van der Waals surface area contributed by atoms with Gasteiger partial charge in [0.25, 0.3) is 0 Å². The van der Waals surface area contributed by atoms with Gasteiger partial charge in [-0.25, -0.2) is 4.79 Å². The van der Waals surface area contributed by atoms with Crippen molar-refractivity contribution in [2.75, 3.05) is 20.3 Å². The average molecular weight is 384 g/mol. The Morgan fingerprint density at radius 3 is 2.14 bits per heavy atom. The van der Waals surface area contributed by atoms with Crippen LogP contribution in [0.3, 0.4) is 0 Å². The lowest BCUT2D eigenvalue weighted by Crippen LogP contribution is -2.47. The lowest BCUT2D eigenvalue weighted by atomic mass is 9.94. The number of rotatable bonds is 7. The largest absolute Gasteiger partial charge is 0.448 e. The number of nitrogens with zero attached hydrogens (tertiary/aromatic N) is 1. The minimum Gasteiger partial charge on any atom is -0.448 e. The monoisotopic (exact) mass is 383 g/mol. The summed E-state index contributed by atoms with van der Waals surface area (Å²) in [6.45, 7) is 15.0. The van der Waals surface area contributed by atoms with Crippen molar-refractivity contribution in [3.05, 3.63) is 71.9 Å². The Morgan fingerprint density at radius 1 is 1.11 bits per heavy atom. The summed E-state index contributed by atoms with van der Waals surface area (Å²) < 4.78 is 11.3. The van der Waals surface area contributed by atoms with Gasteiger partial charge in [0.2, 0.25) is 0 Å². The quantitative estimate of drug-likeness (QED) is 0.576. The molecular weight excluding hydrogens is 350 g/mol. The van der Waals surface area contributed by atoms with Gasteiger partial charge in [0.15, 0.2) is 0 Å². The van der Waals surface area contributed by atoms with Gasteiger partial charge in [-0.3, -0.25) is 4.90 Å². The third kappa shape index (κ3) is 4.56. The second-order valence-corrected chi connectivity index (χ2v) is 7.30. The van der Waals surface area contributed by atoms with Gasteiger partial charge in [0.1, 0.15) is 12.8 Å². The molecule has 0 aromatic rings. The fraction of sp³-hybridized carbons (Fsp3) is 0.458. The first-order valence-electron chi connectivity index (χ1n) is 9.97. The molecule has 0 bridgehead atoms. The van der Waals surface area contributed by atoms with E-state index in [2.05, 4.69) is 32.2 Å². The van der Waals surface area contributed by atoms with Gasteiger partial charge in [-0.05, 0) is 54.9 Å². The van der Waals surface area contributed by atoms with Crippen molar-refractivity contribution < 1.29 is 14.3 Å². The fourth-order valence-corrected chi connectivity index (χ4v) is 4.06. The Labute approximate surface area is 169 Å². The number of carbonyl (C=O) groups excluding carboxylic acids is 1. The third-order valence-electron chi connectivity index (χ3n) is 5.41. The van der Waals surface area contributed by atoms with Crippen LogP contribution in [0.1, 0.15) is 33.6 Å². The topological polar surface area (TPSA) is 38.8 Å². The number of hydrogen-bond donors (Lipinski definition) is 0. The maximum Gasteiger partial charge on any atom is 0.411 e. The smallest absolute Gasteiger partial charge is 0.411 e. The zero-order valence-electron chi connectivity index (χ0n) is 17.6. The molecule has 1 amide bonds. The van der Waals surface area contributed by atoms with E-state index in [0.717, 1.165) is 35.1 Å². The standard InChI is InChI=1S/C24H33NO3/c1-7-11-20-18(9-3)19(10-4)21(12-8-2)22(20)16-28-24(26)25-15-17(5)13-14-23(25)27-6/h7-12,17,22-23H,3-4,13-16H2,1-2,5-6H3/b11-7-,12-8-/t17-,23?/m1/s1. The zero-order chi connectivity index (χ0) is 20.7. The molecule has 0 N–H and O–H groups in total. The van der Waals surface area contributed by atoms with Crippen molar-refractivity contribution in [3.8, 4) is 0 Å². The maximum absolute atomic E-state index is 12.8. The summed E-state index contributed by atoms with van der Waals surface area (Å²) in [7, 11) is 1.64. The second kappa shape index (κ2) is 10.3. The molecule has 1 unspecified atom stereocenters. The van der Waals surface area contributed by atoms with E-state index >= 15 is 0 Å². The molecule has 1 aliphatic carbocycles. The molecule has 0 aromatic heterocycles. The molecule has 1 heterocycles. The highest BCUT2D eigenvalue weighted by Crippen LogP contribution is 2.40. The second-order valence-electron chi connectivity index (χ2n) is 7.30. The Kier molecular flexibility index (Phi) is 8.06. The highest BCUT2D eigenvalue weighted by atomic mass is 16.6. The van der Waals surface area contributed by atoms with Gasteiger partial charge in [0.05, 0.1) is 0 Å². The molecular formula is C24H33NO3. The summed E-state index contributed by atoms with van der Waals surface area (Å²) >= 11 is 0. The van der Waals surface area contributed by atoms with Gasteiger partial charge < -0.3 is 9.47 Å². The molecule has 4 nitrogen and oxygen atoms in total. The van der Waals surface area contributed by atoms with Gasteiger partial charge >= 0.3 is 6.09 Å². The lowest BCUT2D eigenvalue weighted by molar-refractivity contribution is -0.0603. The summed E-state index contributed by atoms with van der Waals surface area (Å²) in [4.78, 5) is 14.5. The van der Waals surface area contributed by atoms with Gasteiger partial charge in [-0.1, -0.05) is 56.5 Å². The molecule has 2 aliphatic rings. The van der Waals surface area contributed by atoms with Crippen LogP contribution in [0.15, 0.2) is 71.9 Å². The van der Waals surface area contributed by atoms with Crippen molar-refractivity contribution in [3.63, 3.8) is 0 Å². The zero-order valence-corrected chi connectivity index (χ0v) is 17.6. The molecule has 0 saturated carbocycles. The summed E-state index contributed by atoms with van der Waals surface area (Å²) in [5.41, 5.74) is 4.29. The molecule has 28 heavy (non-hydrogen) atoms. The number of amides is 1. The summed E-state index contributed by atoms with van der Waals surface area (Å²) in [6, 6.07) is 0. The Bertz CT molecular complexity index is 686. The predicted molar refractivity (Wildman–Crippen MR) is 115 cm³/mol. The van der Waals surface area contributed by atoms with E-state index in [4.69, 9.17) is 9.47 Å². The van der Waals surface area contributed by atoms with Crippen LogP contribution >= 0.6 is 0 Å². The number of piperidine rings is 1. The number of ether oxygens (including phenoxy) is 2. The van der Waals surface area contributed by atoms with E-state index < -0.39 is 0 Å². The van der Waals surface area contributed by atoms with E-state index in [1.54, 1.807) is 12.0 Å². The molecule has 0 aromatic carbocycles. The van der Waals surface area contributed by atoms with E-state index in [1.165, 1.54) is 0 Å². The Morgan fingerprint density at radius 2 is 1.68 bits per heavy atom. The lowest BCUT2D eigenvalue weighted by Gasteiger charge is -2.37. The summed E-state index contributed by atoms with van der Waals surface area (Å²) in [6.07, 6.45) is 13.2. The first-order valence-corrected chi connectivity index (χ1v) is 9.97. The van der Waals surface area contributed by atoms with Crippen LogP contribution in [0, 0.1) is 11.8 Å². The van der Waals surface area contributed by atoms with E-state index in [0.29, 0.717) is 12.5 Å². The van der Waals surface area contributed by atoms with Crippen molar-refractivity contribution in [1.29, 1.82) is 0 Å². The highest BCUT2D eigenvalue weighted by molar-refractivity contribution is 5.69. The number of allylic oxidation sites excluding steroid dienone is 8. The van der Waals surface area contributed by atoms with E-state index in [1.807, 2.05) is 38.2 Å². The highest BCUT2D eigenvalue weighted by Gasteiger charge is 2.33. The number of hydrogen-bond acceptors (Lipinski definition) is 3. The van der Waals surface area contributed by atoms with Crippen LogP contribution in [0.4, 0.5) is 4.79 Å². The van der Waals surface area contributed by atoms with Gasteiger partial charge in [0, 0.05) is 19.6 Å². The Hall–Kier alpha value is -2.33. The van der Waals surface area contributed by atoms with Crippen LogP contribution in [-0.4, -0.2) is 37.5 Å². The molecule has 2 rings (SSSR count). The first-order chi connectivity index (χ1) is 13.5. The normalized spacial score (nSPS) is 23.9. The fourth-order valence-electron chi connectivity index (χ4n) is 4.06. The molecule has 152 valence electrons. The molecule has 1 fully saturated rings. The first kappa shape index (κ1) is 22.0. The predicted octanol–water partition coefficient (Wildman–Crippen LogP) is 5.57. The van der Waals surface area contributed by atoms with Crippen LogP contribution in [0.2, 0.25) is 0 Å². The molecule has 0 radical (unpaired) electrons. The molecule has 2 atom stereocenters. The summed E-state index contributed by atoms with van der Waals surface area (Å²) in [5, 5.41) is 0. The van der Waals surface area contributed by atoms with Gasteiger partial charge in [-0.2, -0.15) is 0 Å².